The molecule has 0 saturated carbocycles. The summed E-state index contributed by atoms with van der Waals surface area (Å²) >= 11 is 12.1. The first-order valence-electron chi connectivity index (χ1n) is 7.58. The van der Waals surface area contributed by atoms with Crippen LogP contribution in [0.2, 0.25) is 10.0 Å². The van der Waals surface area contributed by atoms with Gasteiger partial charge < -0.3 is 19.9 Å². The standard InChI is InChI=1S/C18H15Cl2NO5/c1-25-14-4-3-9(5-15(14)26-2)13(22)8-18(24)16-11(20)6-10(19)7-12(16)21-17(18)23/h3-7,24H,8H2,1-2H3,(H,21,23). The molecular formula is C18H15Cl2NO5. The van der Waals surface area contributed by atoms with Gasteiger partial charge in [0.05, 0.1) is 31.4 Å². The van der Waals surface area contributed by atoms with Crippen LogP contribution in [0.3, 0.4) is 0 Å². The number of nitrogens with one attached hydrogen (secondary N) is 1. The van der Waals surface area contributed by atoms with Crippen LogP contribution in [0.4, 0.5) is 5.69 Å². The minimum absolute atomic E-state index is 0.105. The van der Waals surface area contributed by atoms with Gasteiger partial charge in [-0.3, -0.25) is 9.59 Å². The second-order valence-corrected chi connectivity index (χ2v) is 6.64. The third kappa shape index (κ3) is 3.00. The number of aliphatic hydroxyl groups is 1. The van der Waals surface area contributed by atoms with Gasteiger partial charge in [-0.2, -0.15) is 0 Å². The lowest BCUT2D eigenvalue weighted by molar-refractivity contribution is -0.133. The van der Waals surface area contributed by atoms with E-state index in [9.17, 15) is 14.7 Å². The minimum atomic E-state index is -2.08. The predicted molar refractivity (Wildman–Crippen MR) is 97.5 cm³/mol. The van der Waals surface area contributed by atoms with E-state index in [2.05, 4.69) is 5.32 Å². The molecular weight excluding hydrogens is 381 g/mol. The van der Waals surface area contributed by atoms with Crippen LogP contribution in [0.15, 0.2) is 30.3 Å². The summed E-state index contributed by atoms with van der Waals surface area (Å²) in [5.74, 6) is -0.358. The van der Waals surface area contributed by atoms with E-state index in [0.29, 0.717) is 16.5 Å². The molecule has 0 aliphatic carbocycles. The summed E-state index contributed by atoms with van der Waals surface area (Å²) in [5, 5.41) is 13.9. The number of halogens is 2. The van der Waals surface area contributed by atoms with Crippen LogP contribution in [0.1, 0.15) is 22.3 Å². The van der Waals surface area contributed by atoms with E-state index in [1.54, 1.807) is 6.07 Å². The Hall–Kier alpha value is -2.28. The van der Waals surface area contributed by atoms with Gasteiger partial charge in [-0.05, 0) is 30.3 Å². The van der Waals surface area contributed by atoms with Gasteiger partial charge in [-0.1, -0.05) is 23.2 Å². The van der Waals surface area contributed by atoms with E-state index >= 15 is 0 Å². The molecule has 1 atom stereocenters. The van der Waals surface area contributed by atoms with Crippen LogP contribution in [-0.2, 0) is 10.4 Å². The van der Waals surface area contributed by atoms with Crippen LogP contribution >= 0.6 is 23.2 Å². The van der Waals surface area contributed by atoms with Gasteiger partial charge in [-0.25, -0.2) is 0 Å². The van der Waals surface area contributed by atoms with Crippen LogP contribution in [0.25, 0.3) is 0 Å². The van der Waals surface area contributed by atoms with Gasteiger partial charge >= 0.3 is 0 Å². The van der Waals surface area contributed by atoms with Gasteiger partial charge in [0.1, 0.15) is 0 Å². The van der Waals surface area contributed by atoms with Gasteiger partial charge in [0, 0.05) is 16.1 Å². The number of carbonyl (C=O) groups is 2. The van der Waals surface area contributed by atoms with E-state index in [0.717, 1.165) is 0 Å². The Kier molecular flexibility index (Phi) is 4.84. The summed E-state index contributed by atoms with van der Waals surface area (Å²) in [7, 11) is 2.93. The molecule has 1 unspecified atom stereocenters. The number of carbonyl (C=O) groups excluding carboxylic acids is 2. The first-order valence-corrected chi connectivity index (χ1v) is 8.34. The largest absolute Gasteiger partial charge is 0.493 e. The summed E-state index contributed by atoms with van der Waals surface area (Å²) in [6.45, 7) is 0. The Labute approximate surface area is 159 Å². The van der Waals surface area contributed by atoms with Crippen molar-refractivity contribution in [2.24, 2.45) is 0 Å². The maximum absolute atomic E-state index is 12.7. The number of ketones is 1. The smallest absolute Gasteiger partial charge is 0.261 e. The number of Topliss-reactive ketones (excluding diaryl/α,β-unsaturated/α-hetero) is 1. The highest BCUT2D eigenvalue weighted by atomic mass is 35.5. The number of rotatable bonds is 5. The van der Waals surface area contributed by atoms with Gasteiger partial charge in [0.15, 0.2) is 22.9 Å². The molecule has 26 heavy (non-hydrogen) atoms. The molecule has 136 valence electrons. The quantitative estimate of drug-likeness (QED) is 0.757. The zero-order valence-electron chi connectivity index (χ0n) is 13.9. The Morgan fingerprint density at radius 1 is 1.15 bits per heavy atom. The van der Waals surface area contributed by atoms with E-state index in [1.165, 1.54) is 38.5 Å². The number of ether oxygens (including phenoxy) is 2. The van der Waals surface area contributed by atoms with Crippen molar-refractivity contribution >= 4 is 40.6 Å². The van der Waals surface area contributed by atoms with Gasteiger partial charge in [0.25, 0.3) is 5.91 Å². The number of amides is 1. The van der Waals surface area contributed by atoms with E-state index in [-0.39, 0.29) is 21.8 Å². The highest BCUT2D eigenvalue weighted by Gasteiger charge is 2.48. The van der Waals surface area contributed by atoms with Crippen LogP contribution < -0.4 is 14.8 Å². The molecule has 0 aromatic heterocycles. The summed E-state index contributed by atoms with van der Waals surface area (Å²) in [6.07, 6.45) is -0.483. The lowest BCUT2D eigenvalue weighted by atomic mass is 9.88. The van der Waals surface area contributed by atoms with Crippen molar-refractivity contribution in [3.63, 3.8) is 0 Å². The summed E-state index contributed by atoms with van der Waals surface area (Å²) in [6, 6.07) is 7.48. The highest BCUT2D eigenvalue weighted by molar-refractivity contribution is 6.36. The van der Waals surface area contributed by atoms with E-state index in [1.807, 2.05) is 0 Å². The number of methoxy groups -OCH3 is 2. The molecule has 1 aliphatic heterocycles. The number of hydrogen-bond acceptors (Lipinski definition) is 5. The number of benzene rings is 2. The molecule has 2 N–H and O–H groups in total. The third-order valence-electron chi connectivity index (χ3n) is 4.21. The molecule has 1 aliphatic rings. The van der Waals surface area contributed by atoms with Crippen LogP contribution in [0.5, 0.6) is 11.5 Å². The van der Waals surface area contributed by atoms with Crippen LogP contribution in [0, 0.1) is 0 Å². The van der Waals surface area contributed by atoms with Crippen molar-refractivity contribution < 1.29 is 24.2 Å². The van der Waals surface area contributed by atoms with Crippen molar-refractivity contribution in [3.05, 3.63) is 51.5 Å². The third-order valence-corrected chi connectivity index (χ3v) is 4.73. The van der Waals surface area contributed by atoms with Gasteiger partial charge in [-0.15, -0.1) is 0 Å². The fourth-order valence-corrected chi connectivity index (χ4v) is 3.59. The van der Waals surface area contributed by atoms with Gasteiger partial charge in [0.2, 0.25) is 0 Å². The summed E-state index contributed by atoms with van der Waals surface area (Å²) in [4.78, 5) is 25.0. The van der Waals surface area contributed by atoms with Crippen LogP contribution in [-0.4, -0.2) is 31.0 Å². The molecule has 2 aromatic carbocycles. The van der Waals surface area contributed by atoms with Crippen molar-refractivity contribution in [2.75, 3.05) is 19.5 Å². The normalized spacial score (nSPS) is 18.3. The molecule has 1 heterocycles. The lowest BCUT2D eigenvalue weighted by Gasteiger charge is -2.21. The van der Waals surface area contributed by atoms with Crippen molar-refractivity contribution in [3.8, 4) is 11.5 Å². The molecule has 1 amide bonds. The zero-order chi connectivity index (χ0) is 19.1. The second-order valence-electron chi connectivity index (χ2n) is 5.79. The fraction of sp³-hybridized carbons (Fsp3) is 0.222. The SMILES string of the molecule is COc1ccc(C(=O)CC2(O)C(=O)Nc3cc(Cl)cc(Cl)c32)cc1OC. The van der Waals surface area contributed by atoms with Crippen molar-refractivity contribution in [2.45, 2.75) is 12.0 Å². The molecule has 6 nitrogen and oxygen atoms in total. The van der Waals surface area contributed by atoms with Crippen molar-refractivity contribution in [1.82, 2.24) is 0 Å². The second kappa shape index (κ2) is 6.79. The topological polar surface area (TPSA) is 84.9 Å². The Balaban J connectivity index is 1.97. The Morgan fingerprint density at radius 2 is 1.85 bits per heavy atom. The molecule has 3 rings (SSSR count). The van der Waals surface area contributed by atoms with E-state index < -0.39 is 23.7 Å². The maximum atomic E-state index is 12.7. The molecule has 0 bridgehead atoms. The van der Waals surface area contributed by atoms with E-state index in [4.69, 9.17) is 32.7 Å². The average Bonchev–Trinajstić information content (AvgIpc) is 2.84. The molecule has 0 saturated heterocycles. The fourth-order valence-electron chi connectivity index (χ4n) is 2.94. The molecule has 2 aromatic rings. The highest BCUT2D eigenvalue weighted by Crippen LogP contribution is 2.44. The molecule has 0 spiro atoms. The maximum Gasteiger partial charge on any atom is 0.261 e. The minimum Gasteiger partial charge on any atom is -0.493 e. The predicted octanol–water partition coefficient (Wildman–Crippen LogP) is 3.42. The Morgan fingerprint density at radius 3 is 2.50 bits per heavy atom. The molecule has 0 radical (unpaired) electrons. The summed E-state index contributed by atoms with van der Waals surface area (Å²) in [5.41, 5.74) is -1.39. The zero-order valence-corrected chi connectivity index (χ0v) is 15.4. The first-order chi connectivity index (χ1) is 12.3. The first kappa shape index (κ1) is 18.5. The lowest BCUT2D eigenvalue weighted by Crippen LogP contribution is -2.36. The average molecular weight is 396 g/mol. The summed E-state index contributed by atoms with van der Waals surface area (Å²) < 4.78 is 10.3. The molecule has 8 heteroatoms. The number of hydrogen-bond donors (Lipinski definition) is 2. The Bertz CT molecular complexity index is 915. The van der Waals surface area contributed by atoms with Crippen molar-refractivity contribution in [1.29, 1.82) is 0 Å². The molecule has 0 fully saturated rings. The number of fused-ring (bicyclic) bond motifs is 1. The number of anilines is 1. The monoisotopic (exact) mass is 395 g/mol.